The predicted octanol–water partition coefficient (Wildman–Crippen LogP) is 25.1. The van der Waals surface area contributed by atoms with Crippen LogP contribution < -0.4 is 0 Å². The predicted molar refractivity (Wildman–Crippen MR) is 358 cm³/mol. The van der Waals surface area contributed by atoms with E-state index < -0.39 is 6.10 Å². The van der Waals surface area contributed by atoms with E-state index in [1.54, 1.807) is 0 Å². The molecule has 0 heterocycles. The van der Waals surface area contributed by atoms with E-state index >= 15 is 0 Å². The number of allylic oxidation sites excluding steroid dienone is 10. The Balaban J connectivity index is 4.28. The van der Waals surface area contributed by atoms with Crippen LogP contribution in [-0.2, 0) is 28.6 Å². The zero-order valence-electron chi connectivity index (χ0n) is 55.0. The van der Waals surface area contributed by atoms with Crippen molar-refractivity contribution in [1.29, 1.82) is 0 Å². The molecule has 0 bridgehead atoms. The summed E-state index contributed by atoms with van der Waals surface area (Å²) in [6.07, 6.45) is 91.0. The van der Waals surface area contributed by atoms with Gasteiger partial charge in [-0.1, -0.05) is 345 Å². The zero-order chi connectivity index (χ0) is 59.2. The van der Waals surface area contributed by atoms with Crippen molar-refractivity contribution in [2.75, 3.05) is 13.2 Å². The summed E-state index contributed by atoms with van der Waals surface area (Å²) in [6.45, 7) is 6.59. The molecule has 0 radical (unpaired) electrons. The van der Waals surface area contributed by atoms with Crippen molar-refractivity contribution in [3.63, 3.8) is 0 Å². The minimum Gasteiger partial charge on any atom is -0.462 e. The summed E-state index contributed by atoms with van der Waals surface area (Å²) in [6, 6.07) is 0. The Morgan fingerprint density at radius 1 is 0.256 bits per heavy atom. The van der Waals surface area contributed by atoms with Crippen LogP contribution in [0.5, 0.6) is 0 Å². The van der Waals surface area contributed by atoms with E-state index in [9.17, 15) is 14.4 Å². The number of hydrogen-bond acceptors (Lipinski definition) is 6. The van der Waals surface area contributed by atoms with Gasteiger partial charge in [-0.3, -0.25) is 14.4 Å². The van der Waals surface area contributed by atoms with E-state index in [2.05, 4.69) is 81.5 Å². The largest absolute Gasteiger partial charge is 0.462 e. The van der Waals surface area contributed by atoms with Gasteiger partial charge in [-0.25, -0.2) is 0 Å². The molecule has 478 valence electrons. The van der Waals surface area contributed by atoms with E-state index in [0.29, 0.717) is 19.3 Å². The molecule has 6 nitrogen and oxygen atoms in total. The van der Waals surface area contributed by atoms with Crippen molar-refractivity contribution in [1.82, 2.24) is 0 Å². The molecule has 0 aromatic heterocycles. The Bertz CT molecular complexity index is 1460. The van der Waals surface area contributed by atoms with Crippen LogP contribution in [0.4, 0.5) is 0 Å². The Morgan fingerprint density at radius 3 is 0.756 bits per heavy atom. The van der Waals surface area contributed by atoms with Gasteiger partial charge < -0.3 is 14.2 Å². The molecule has 0 aromatic carbocycles. The van der Waals surface area contributed by atoms with Gasteiger partial charge in [0.1, 0.15) is 13.2 Å². The van der Waals surface area contributed by atoms with Crippen LogP contribution in [0.1, 0.15) is 387 Å². The minimum absolute atomic E-state index is 0.0707. The smallest absolute Gasteiger partial charge is 0.306 e. The average molecular weight is 1150 g/mol. The number of unbranched alkanes of at least 4 members (excludes halogenated alkanes) is 46. The van der Waals surface area contributed by atoms with Gasteiger partial charge in [0.05, 0.1) is 0 Å². The summed E-state index contributed by atoms with van der Waals surface area (Å²) in [4.78, 5) is 38.5. The molecule has 0 N–H and O–H groups in total. The minimum atomic E-state index is -0.775. The lowest BCUT2D eigenvalue weighted by molar-refractivity contribution is -0.167. The summed E-state index contributed by atoms with van der Waals surface area (Å²) in [5, 5.41) is 0. The fraction of sp³-hybridized carbons (Fsp3) is 0.829. The van der Waals surface area contributed by atoms with Crippen molar-refractivity contribution in [2.24, 2.45) is 0 Å². The topological polar surface area (TPSA) is 78.9 Å². The third kappa shape index (κ3) is 67.9. The molecule has 0 aliphatic carbocycles. The monoisotopic (exact) mass is 1150 g/mol. The first kappa shape index (κ1) is 79.1. The maximum Gasteiger partial charge on any atom is 0.306 e. The Labute approximate surface area is 510 Å². The number of hydrogen-bond donors (Lipinski definition) is 0. The highest BCUT2D eigenvalue weighted by atomic mass is 16.6. The third-order valence-corrected chi connectivity index (χ3v) is 16.3. The Hall–Kier alpha value is -2.89. The van der Waals surface area contributed by atoms with Gasteiger partial charge in [0, 0.05) is 19.3 Å². The van der Waals surface area contributed by atoms with Crippen LogP contribution >= 0.6 is 0 Å². The average Bonchev–Trinajstić information content (AvgIpc) is 3.47. The van der Waals surface area contributed by atoms with E-state index in [0.717, 1.165) is 83.5 Å². The van der Waals surface area contributed by atoms with Gasteiger partial charge in [-0.2, -0.15) is 0 Å². The Kier molecular flexibility index (Phi) is 68.1. The number of carbonyl (C=O) groups is 3. The lowest BCUT2D eigenvalue weighted by Crippen LogP contribution is -2.30. The van der Waals surface area contributed by atoms with Crippen molar-refractivity contribution < 1.29 is 28.6 Å². The van der Waals surface area contributed by atoms with Crippen LogP contribution in [0.15, 0.2) is 60.8 Å². The van der Waals surface area contributed by atoms with Gasteiger partial charge in [-0.15, -0.1) is 0 Å². The lowest BCUT2D eigenvalue weighted by atomic mass is 10.0. The molecular weight excluding hydrogens is 1010 g/mol. The summed E-state index contributed by atoms with van der Waals surface area (Å²) in [7, 11) is 0. The molecule has 6 heteroatoms. The number of carbonyl (C=O) groups excluding carboxylic acids is 3. The van der Waals surface area contributed by atoms with E-state index in [4.69, 9.17) is 14.2 Å². The molecule has 0 aliphatic heterocycles. The van der Waals surface area contributed by atoms with Gasteiger partial charge in [0.25, 0.3) is 0 Å². The number of esters is 3. The van der Waals surface area contributed by atoms with E-state index in [1.165, 1.54) is 263 Å². The van der Waals surface area contributed by atoms with E-state index in [1.807, 2.05) is 0 Å². The summed E-state index contributed by atoms with van der Waals surface area (Å²) < 4.78 is 17.0. The van der Waals surface area contributed by atoms with Gasteiger partial charge in [-0.05, 0) is 83.5 Å². The first-order chi connectivity index (χ1) is 40.5. The molecule has 0 aromatic rings. The summed E-state index contributed by atoms with van der Waals surface area (Å²) in [5.41, 5.74) is 0. The van der Waals surface area contributed by atoms with Crippen molar-refractivity contribution in [2.45, 2.75) is 393 Å². The maximum atomic E-state index is 13.0. The van der Waals surface area contributed by atoms with Gasteiger partial charge >= 0.3 is 17.9 Å². The zero-order valence-corrected chi connectivity index (χ0v) is 55.0. The van der Waals surface area contributed by atoms with Crippen molar-refractivity contribution in [3.05, 3.63) is 60.8 Å². The molecule has 0 saturated carbocycles. The first-order valence-electron chi connectivity index (χ1n) is 36.3. The Morgan fingerprint density at radius 2 is 0.476 bits per heavy atom. The molecule has 0 amide bonds. The molecule has 0 aliphatic rings. The highest BCUT2D eigenvalue weighted by Gasteiger charge is 2.19. The van der Waals surface area contributed by atoms with E-state index in [-0.39, 0.29) is 31.1 Å². The third-order valence-electron chi connectivity index (χ3n) is 16.3. The molecule has 0 spiro atoms. The van der Waals surface area contributed by atoms with Crippen LogP contribution in [-0.4, -0.2) is 37.2 Å². The molecule has 1 unspecified atom stereocenters. The van der Waals surface area contributed by atoms with Crippen molar-refractivity contribution in [3.8, 4) is 0 Å². The van der Waals surface area contributed by atoms with Crippen LogP contribution in [0.2, 0.25) is 0 Å². The number of ether oxygens (including phenoxy) is 3. The lowest BCUT2D eigenvalue weighted by Gasteiger charge is -2.18. The normalized spacial score (nSPS) is 12.4. The summed E-state index contributed by atoms with van der Waals surface area (Å²) in [5.74, 6) is -0.847. The molecule has 1 atom stereocenters. The van der Waals surface area contributed by atoms with Crippen LogP contribution in [0, 0.1) is 0 Å². The highest BCUT2D eigenvalue weighted by molar-refractivity contribution is 5.71. The van der Waals surface area contributed by atoms with Crippen LogP contribution in [0.25, 0.3) is 0 Å². The number of rotatable bonds is 67. The second-order valence-electron chi connectivity index (χ2n) is 24.5. The molecule has 0 fully saturated rings. The van der Waals surface area contributed by atoms with Crippen LogP contribution in [0.3, 0.4) is 0 Å². The highest BCUT2D eigenvalue weighted by Crippen LogP contribution is 2.18. The quantitative estimate of drug-likeness (QED) is 0.0261. The second kappa shape index (κ2) is 70.6. The van der Waals surface area contributed by atoms with Crippen molar-refractivity contribution >= 4 is 17.9 Å². The standard InChI is InChI=1S/C76H138O6/c1-4-7-10-13-16-19-22-25-28-31-33-35-36-37-38-39-40-41-43-45-48-51-54-57-60-63-66-69-75(78)81-72-73(71-80-74(77)68-65-62-59-56-53-50-47-44-30-27-24-21-18-15-12-9-6-3)82-76(79)70-67-64-61-58-55-52-49-46-42-34-32-29-26-23-20-17-14-11-8-5-2/h7,10,16,19,25,27-28,30,33,35,73H,4-6,8-9,11-15,17-18,20-24,26,29,31-32,34,36-72H2,1-3H3/b10-7-,19-16-,28-25-,30-27-,35-33-. The molecule has 0 rings (SSSR count). The van der Waals surface area contributed by atoms with Gasteiger partial charge in [0.15, 0.2) is 6.10 Å². The first-order valence-corrected chi connectivity index (χ1v) is 36.3. The fourth-order valence-electron chi connectivity index (χ4n) is 10.8. The molecule has 0 saturated heterocycles. The second-order valence-corrected chi connectivity index (χ2v) is 24.5. The fourth-order valence-corrected chi connectivity index (χ4v) is 10.8. The SMILES string of the molecule is CC/C=C\C/C=C\C/C=C\C/C=C\CCCCCCCCCCCCCCCCC(=O)OCC(COC(=O)CCCCCCCCC/C=C\CCCCCCCC)OC(=O)CCCCCCCCCCCCCCCCCCCCCC. The van der Waals surface area contributed by atoms with Gasteiger partial charge in [0.2, 0.25) is 0 Å². The summed E-state index contributed by atoms with van der Waals surface area (Å²) >= 11 is 0. The molecule has 82 heavy (non-hydrogen) atoms. The molecular formula is C76H138O6. The maximum absolute atomic E-state index is 13.0.